The fourth-order valence-electron chi connectivity index (χ4n) is 2.26. The summed E-state index contributed by atoms with van der Waals surface area (Å²) < 4.78 is 5.09. The van der Waals surface area contributed by atoms with Gasteiger partial charge in [-0.15, -0.1) is 24.0 Å². The molecule has 144 valence electrons. The first-order valence-corrected chi connectivity index (χ1v) is 9.09. The van der Waals surface area contributed by atoms with E-state index >= 15 is 0 Å². The number of aromatic nitrogens is 2. The van der Waals surface area contributed by atoms with E-state index in [2.05, 4.69) is 25.8 Å². The average Bonchev–Trinajstić information content (AvgIpc) is 2.98. The molecule has 0 aliphatic rings. The summed E-state index contributed by atoms with van der Waals surface area (Å²) in [6.07, 6.45) is 2.42. The molecule has 0 aliphatic heterocycles. The number of aryl methyl sites for hydroxylation is 2. The van der Waals surface area contributed by atoms with Gasteiger partial charge in [-0.25, -0.2) is 0 Å². The number of nitrogens with one attached hydrogen (secondary N) is 2. The summed E-state index contributed by atoms with van der Waals surface area (Å²) in [5, 5.41) is 11.6. The van der Waals surface area contributed by atoms with E-state index in [9.17, 15) is 0 Å². The number of aliphatic imine (C=N–C) groups is 1. The Kier molecular flexibility index (Phi) is 10.9. The van der Waals surface area contributed by atoms with Crippen molar-refractivity contribution >= 4 is 53.1 Å². The van der Waals surface area contributed by atoms with Crippen LogP contribution in [0.1, 0.15) is 30.6 Å². The van der Waals surface area contributed by atoms with Gasteiger partial charge in [0.1, 0.15) is 0 Å². The Morgan fingerprint density at radius 2 is 2.04 bits per heavy atom. The third-order valence-corrected chi connectivity index (χ3v) is 4.02. The Bertz CT molecular complexity index is 708. The zero-order chi connectivity index (χ0) is 18.1. The molecule has 9 heteroatoms. The molecule has 1 aromatic heterocycles. The maximum absolute atomic E-state index is 6.18. The summed E-state index contributed by atoms with van der Waals surface area (Å²) in [6.45, 7) is 6.02. The fraction of sp³-hybridized carbons (Fsp3) is 0.471. The molecule has 0 spiro atoms. The predicted octanol–water partition coefficient (Wildman–Crippen LogP) is 4.03. The molecule has 0 fully saturated rings. The van der Waals surface area contributed by atoms with Crippen LogP contribution in [-0.4, -0.2) is 35.7 Å². The number of benzene rings is 1. The van der Waals surface area contributed by atoms with Gasteiger partial charge in [0.25, 0.3) is 0 Å². The molecule has 0 aliphatic carbocycles. The smallest absolute Gasteiger partial charge is 0.228 e. The topological polar surface area (TPSA) is 75.3 Å². The molecule has 6 nitrogen and oxygen atoms in total. The van der Waals surface area contributed by atoms with Gasteiger partial charge in [-0.05, 0) is 44.4 Å². The Balaban J connectivity index is 0.00000338. The van der Waals surface area contributed by atoms with Crippen LogP contribution in [0, 0.1) is 6.92 Å². The van der Waals surface area contributed by atoms with Gasteiger partial charge < -0.3 is 15.2 Å². The molecule has 2 aromatic rings. The molecule has 0 atom stereocenters. The van der Waals surface area contributed by atoms with Crippen molar-refractivity contribution in [2.45, 2.75) is 33.1 Å². The third-order valence-electron chi connectivity index (χ3n) is 3.43. The van der Waals surface area contributed by atoms with Crippen molar-refractivity contribution in [3.05, 3.63) is 45.5 Å². The standard InChI is InChI=1S/C17H23Cl2N5O.HI/c1-3-20-17(22-10-8-16-23-12(2)24-25-16)21-9-4-5-13-6-7-14(18)11-15(13)19;/h6-7,11H,3-5,8-10H2,1-2H3,(H2,20,21,22);1H. The van der Waals surface area contributed by atoms with Crippen molar-refractivity contribution in [2.75, 3.05) is 19.6 Å². The summed E-state index contributed by atoms with van der Waals surface area (Å²) >= 11 is 12.1. The quantitative estimate of drug-likeness (QED) is 0.242. The van der Waals surface area contributed by atoms with E-state index in [4.69, 9.17) is 27.7 Å². The van der Waals surface area contributed by atoms with Crippen LogP contribution in [0.15, 0.2) is 27.7 Å². The minimum atomic E-state index is 0. The van der Waals surface area contributed by atoms with Crippen molar-refractivity contribution in [1.82, 2.24) is 20.8 Å². The van der Waals surface area contributed by atoms with E-state index in [0.29, 0.717) is 41.3 Å². The second kappa shape index (κ2) is 12.3. The highest BCUT2D eigenvalue weighted by molar-refractivity contribution is 14.0. The first-order valence-electron chi connectivity index (χ1n) is 8.33. The Morgan fingerprint density at radius 1 is 1.23 bits per heavy atom. The van der Waals surface area contributed by atoms with Crippen LogP contribution in [0.25, 0.3) is 0 Å². The lowest BCUT2D eigenvalue weighted by atomic mass is 10.1. The molecule has 2 rings (SSSR count). The second-order valence-electron chi connectivity index (χ2n) is 5.51. The summed E-state index contributed by atoms with van der Waals surface area (Å²) in [5.41, 5.74) is 1.09. The number of halogens is 3. The second-order valence-corrected chi connectivity index (χ2v) is 6.36. The summed E-state index contributed by atoms with van der Waals surface area (Å²) in [5.74, 6) is 2.05. The highest BCUT2D eigenvalue weighted by Crippen LogP contribution is 2.21. The Morgan fingerprint density at radius 3 is 2.69 bits per heavy atom. The SMILES string of the molecule is CCNC(=NCCCc1ccc(Cl)cc1Cl)NCCc1nc(C)no1.I. The van der Waals surface area contributed by atoms with E-state index in [1.807, 2.05) is 19.1 Å². The van der Waals surface area contributed by atoms with Crippen LogP contribution in [0.5, 0.6) is 0 Å². The number of rotatable bonds is 8. The third kappa shape index (κ3) is 8.09. The largest absolute Gasteiger partial charge is 0.357 e. The van der Waals surface area contributed by atoms with Gasteiger partial charge in [-0.1, -0.05) is 34.4 Å². The number of hydrogen-bond acceptors (Lipinski definition) is 4. The Hall–Kier alpha value is -1.06. The normalized spacial score (nSPS) is 11.2. The van der Waals surface area contributed by atoms with Gasteiger partial charge in [0, 0.05) is 36.1 Å². The lowest BCUT2D eigenvalue weighted by molar-refractivity contribution is 0.374. The molecule has 1 aromatic carbocycles. The van der Waals surface area contributed by atoms with Crippen molar-refractivity contribution in [2.24, 2.45) is 4.99 Å². The predicted molar refractivity (Wildman–Crippen MR) is 117 cm³/mol. The number of nitrogens with zero attached hydrogens (tertiary/aromatic N) is 3. The molecule has 0 saturated carbocycles. The van der Waals surface area contributed by atoms with Gasteiger partial charge in [-0.3, -0.25) is 4.99 Å². The van der Waals surface area contributed by atoms with Crippen LogP contribution < -0.4 is 10.6 Å². The van der Waals surface area contributed by atoms with Gasteiger partial charge in [0.15, 0.2) is 11.8 Å². The van der Waals surface area contributed by atoms with E-state index in [1.165, 1.54) is 0 Å². The minimum absolute atomic E-state index is 0. The van der Waals surface area contributed by atoms with Crippen LogP contribution in [-0.2, 0) is 12.8 Å². The monoisotopic (exact) mass is 511 g/mol. The summed E-state index contributed by atoms with van der Waals surface area (Å²) in [6, 6.07) is 5.59. The minimum Gasteiger partial charge on any atom is -0.357 e. The first-order chi connectivity index (χ1) is 12.1. The van der Waals surface area contributed by atoms with E-state index in [1.54, 1.807) is 13.0 Å². The van der Waals surface area contributed by atoms with Crippen LogP contribution in [0.3, 0.4) is 0 Å². The molecule has 0 saturated heterocycles. The van der Waals surface area contributed by atoms with Gasteiger partial charge in [-0.2, -0.15) is 4.98 Å². The molecule has 0 unspecified atom stereocenters. The molecule has 26 heavy (non-hydrogen) atoms. The zero-order valence-electron chi connectivity index (χ0n) is 14.9. The molecular weight excluding hydrogens is 488 g/mol. The lowest BCUT2D eigenvalue weighted by Crippen LogP contribution is -2.38. The molecule has 1 heterocycles. The van der Waals surface area contributed by atoms with Crippen LogP contribution in [0.4, 0.5) is 0 Å². The summed E-state index contributed by atoms with van der Waals surface area (Å²) in [7, 11) is 0. The maximum atomic E-state index is 6.18. The highest BCUT2D eigenvalue weighted by atomic mass is 127. The Labute approximate surface area is 181 Å². The molecule has 2 N–H and O–H groups in total. The van der Waals surface area contributed by atoms with Crippen molar-refractivity contribution in [3.8, 4) is 0 Å². The summed E-state index contributed by atoms with van der Waals surface area (Å²) in [4.78, 5) is 8.75. The zero-order valence-corrected chi connectivity index (χ0v) is 18.7. The van der Waals surface area contributed by atoms with E-state index in [0.717, 1.165) is 30.9 Å². The molecule has 0 amide bonds. The molecular formula is C17H24Cl2IN5O. The number of hydrogen-bond donors (Lipinski definition) is 2. The first kappa shape index (κ1) is 23.0. The number of guanidine groups is 1. The van der Waals surface area contributed by atoms with Gasteiger partial charge in [0.2, 0.25) is 5.89 Å². The average molecular weight is 512 g/mol. The molecule has 0 radical (unpaired) electrons. The van der Waals surface area contributed by atoms with E-state index < -0.39 is 0 Å². The van der Waals surface area contributed by atoms with Crippen molar-refractivity contribution < 1.29 is 4.52 Å². The van der Waals surface area contributed by atoms with Gasteiger partial charge >= 0.3 is 0 Å². The maximum Gasteiger partial charge on any atom is 0.228 e. The van der Waals surface area contributed by atoms with Crippen molar-refractivity contribution in [3.63, 3.8) is 0 Å². The highest BCUT2D eigenvalue weighted by Gasteiger charge is 2.04. The van der Waals surface area contributed by atoms with Gasteiger partial charge in [0.05, 0.1) is 0 Å². The van der Waals surface area contributed by atoms with Crippen LogP contribution in [0.2, 0.25) is 10.0 Å². The molecule has 0 bridgehead atoms. The van der Waals surface area contributed by atoms with Crippen LogP contribution >= 0.6 is 47.2 Å². The lowest BCUT2D eigenvalue weighted by Gasteiger charge is -2.10. The van der Waals surface area contributed by atoms with Crippen molar-refractivity contribution in [1.29, 1.82) is 0 Å². The van der Waals surface area contributed by atoms with E-state index in [-0.39, 0.29) is 24.0 Å². The fourth-order valence-corrected chi connectivity index (χ4v) is 2.76.